The Kier molecular flexibility index (Phi) is 4.73. The van der Waals surface area contributed by atoms with Gasteiger partial charge in [-0.25, -0.2) is 4.79 Å². The van der Waals surface area contributed by atoms with Crippen molar-refractivity contribution in [2.45, 2.75) is 13.0 Å². The standard InChI is InChI=1S/C16H16N2O4/c1-11(16(20)21)22-14-5-3-4-12(8-14)6-7-15(19)13-9-17-18(2)10-13/h3-11H,1-2H3,(H,20,21)/b7-6+/t11-/m0/s1. The van der Waals surface area contributed by atoms with E-state index in [4.69, 9.17) is 9.84 Å². The van der Waals surface area contributed by atoms with E-state index in [-0.39, 0.29) is 5.78 Å². The Morgan fingerprint density at radius 1 is 1.41 bits per heavy atom. The molecule has 1 aromatic carbocycles. The smallest absolute Gasteiger partial charge is 0.344 e. The summed E-state index contributed by atoms with van der Waals surface area (Å²) in [5, 5.41) is 12.8. The third kappa shape index (κ3) is 4.05. The zero-order chi connectivity index (χ0) is 16.1. The van der Waals surface area contributed by atoms with Crippen LogP contribution in [0.25, 0.3) is 6.08 Å². The normalized spacial score (nSPS) is 12.3. The van der Waals surface area contributed by atoms with Crippen molar-refractivity contribution in [3.05, 3.63) is 53.9 Å². The molecule has 2 rings (SSSR count). The van der Waals surface area contributed by atoms with Crippen LogP contribution in [0.15, 0.2) is 42.7 Å². The molecule has 0 unspecified atom stereocenters. The number of nitrogens with zero attached hydrogens (tertiary/aromatic N) is 2. The zero-order valence-corrected chi connectivity index (χ0v) is 12.3. The number of ether oxygens (including phenoxy) is 1. The molecule has 0 saturated heterocycles. The molecule has 6 nitrogen and oxygen atoms in total. The minimum absolute atomic E-state index is 0.154. The van der Waals surface area contributed by atoms with E-state index in [1.165, 1.54) is 19.2 Å². The van der Waals surface area contributed by atoms with Crippen molar-refractivity contribution >= 4 is 17.8 Å². The number of rotatable bonds is 6. The minimum Gasteiger partial charge on any atom is -0.479 e. The fourth-order valence-electron chi connectivity index (χ4n) is 1.76. The molecule has 0 saturated carbocycles. The fraction of sp³-hybridized carbons (Fsp3) is 0.188. The summed E-state index contributed by atoms with van der Waals surface area (Å²) in [6.45, 7) is 1.46. The highest BCUT2D eigenvalue weighted by molar-refractivity contribution is 6.06. The summed E-state index contributed by atoms with van der Waals surface area (Å²) < 4.78 is 6.84. The molecule has 0 fully saturated rings. The molecule has 0 aliphatic carbocycles. The van der Waals surface area contributed by atoms with Crippen LogP contribution >= 0.6 is 0 Å². The molecular formula is C16H16N2O4. The molecule has 1 heterocycles. The van der Waals surface area contributed by atoms with Crippen LogP contribution in [0.2, 0.25) is 0 Å². The Morgan fingerprint density at radius 3 is 2.82 bits per heavy atom. The van der Waals surface area contributed by atoms with Crippen LogP contribution in [-0.4, -0.2) is 32.7 Å². The SMILES string of the molecule is C[C@H](Oc1cccc(/C=C/C(=O)c2cnn(C)c2)c1)C(=O)O. The van der Waals surface area contributed by atoms with E-state index < -0.39 is 12.1 Å². The van der Waals surface area contributed by atoms with Crippen LogP contribution in [0.4, 0.5) is 0 Å². The van der Waals surface area contributed by atoms with Gasteiger partial charge < -0.3 is 9.84 Å². The number of aryl methyl sites for hydroxylation is 1. The van der Waals surface area contributed by atoms with Gasteiger partial charge in [-0.2, -0.15) is 5.10 Å². The van der Waals surface area contributed by atoms with Gasteiger partial charge in [0.15, 0.2) is 11.9 Å². The summed E-state index contributed by atoms with van der Waals surface area (Å²) in [5.74, 6) is -0.753. The monoisotopic (exact) mass is 300 g/mol. The fourth-order valence-corrected chi connectivity index (χ4v) is 1.76. The van der Waals surface area contributed by atoms with Gasteiger partial charge in [-0.05, 0) is 30.7 Å². The first-order valence-electron chi connectivity index (χ1n) is 6.66. The van der Waals surface area contributed by atoms with Crippen molar-refractivity contribution in [1.82, 2.24) is 9.78 Å². The van der Waals surface area contributed by atoms with Gasteiger partial charge in [0.25, 0.3) is 0 Å². The van der Waals surface area contributed by atoms with E-state index in [0.717, 1.165) is 5.56 Å². The summed E-state index contributed by atoms with van der Waals surface area (Å²) in [6, 6.07) is 6.87. The number of ketones is 1. The highest BCUT2D eigenvalue weighted by Crippen LogP contribution is 2.16. The second-order valence-electron chi connectivity index (χ2n) is 4.77. The van der Waals surface area contributed by atoms with E-state index in [2.05, 4.69) is 5.10 Å². The molecule has 0 spiro atoms. The Labute approximate surface area is 127 Å². The first-order chi connectivity index (χ1) is 10.5. The average Bonchev–Trinajstić information content (AvgIpc) is 2.91. The third-order valence-corrected chi connectivity index (χ3v) is 2.94. The number of allylic oxidation sites excluding steroid dienone is 1. The molecule has 22 heavy (non-hydrogen) atoms. The molecule has 0 radical (unpaired) electrons. The number of carbonyl (C=O) groups is 2. The molecule has 0 bridgehead atoms. The third-order valence-electron chi connectivity index (χ3n) is 2.94. The number of hydrogen-bond donors (Lipinski definition) is 1. The summed E-state index contributed by atoms with van der Waals surface area (Å²) in [5.41, 5.74) is 1.25. The van der Waals surface area contributed by atoms with E-state index in [9.17, 15) is 9.59 Å². The van der Waals surface area contributed by atoms with E-state index in [0.29, 0.717) is 11.3 Å². The van der Waals surface area contributed by atoms with E-state index >= 15 is 0 Å². The Hall–Kier alpha value is -2.89. The molecule has 1 N–H and O–H groups in total. The van der Waals surface area contributed by atoms with Gasteiger partial charge in [0.2, 0.25) is 0 Å². The predicted molar refractivity (Wildman–Crippen MR) is 80.7 cm³/mol. The topological polar surface area (TPSA) is 81.4 Å². The van der Waals surface area contributed by atoms with Gasteiger partial charge in [-0.1, -0.05) is 18.2 Å². The van der Waals surface area contributed by atoms with E-state index in [1.807, 2.05) is 0 Å². The quantitative estimate of drug-likeness (QED) is 0.653. The molecule has 114 valence electrons. The highest BCUT2D eigenvalue weighted by atomic mass is 16.5. The van der Waals surface area contributed by atoms with Crippen LogP contribution in [0.1, 0.15) is 22.8 Å². The molecule has 6 heteroatoms. The lowest BCUT2D eigenvalue weighted by Crippen LogP contribution is -2.22. The van der Waals surface area contributed by atoms with E-state index in [1.54, 1.807) is 48.3 Å². The van der Waals surface area contributed by atoms with Crippen LogP contribution in [-0.2, 0) is 11.8 Å². The molecule has 0 aliphatic heterocycles. The molecule has 0 aliphatic rings. The first kappa shape index (κ1) is 15.5. The number of aliphatic carboxylic acids is 1. The molecule has 2 aromatic rings. The highest BCUT2D eigenvalue weighted by Gasteiger charge is 2.12. The van der Waals surface area contributed by atoms with Gasteiger partial charge in [0.05, 0.1) is 11.8 Å². The molecule has 0 amide bonds. The first-order valence-corrected chi connectivity index (χ1v) is 6.66. The molecule has 1 aromatic heterocycles. The van der Waals surface area contributed by atoms with Gasteiger partial charge in [-0.15, -0.1) is 0 Å². The maximum Gasteiger partial charge on any atom is 0.344 e. The Balaban J connectivity index is 2.08. The maximum atomic E-state index is 11.9. The summed E-state index contributed by atoms with van der Waals surface area (Å²) in [4.78, 5) is 22.7. The number of carboxylic acid groups (broad SMARTS) is 1. The molecular weight excluding hydrogens is 284 g/mol. The van der Waals surface area contributed by atoms with Crippen molar-refractivity contribution in [1.29, 1.82) is 0 Å². The molecule has 1 atom stereocenters. The number of benzene rings is 1. The second kappa shape index (κ2) is 6.71. The lowest BCUT2D eigenvalue weighted by Gasteiger charge is -2.10. The maximum absolute atomic E-state index is 11.9. The van der Waals surface area contributed by atoms with Crippen molar-refractivity contribution in [2.24, 2.45) is 7.05 Å². The van der Waals surface area contributed by atoms with Gasteiger partial charge >= 0.3 is 5.97 Å². The van der Waals surface area contributed by atoms with Gasteiger partial charge in [-0.3, -0.25) is 9.48 Å². The Bertz CT molecular complexity index is 718. The van der Waals surface area contributed by atoms with Crippen molar-refractivity contribution in [3.63, 3.8) is 0 Å². The predicted octanol–water partition coefficient (Wildman–Crippen LogP) is 2.17. The van der Waals surface area contributed by atoms with Crippen LogP contribution in [0.5, 0.6) is 5.75 Å². The minimum atomic E-state index is -1.03. The largest absolute Gasteiger partial charge is 0.479 e. The van der Waals surface area contributed by atoms with Gasteiger partial charge in [0, 0.05) is 13.2 Å². The lowest BCUT2D eigenvalue weighted by atomic mass is 10.1. The van der Waals surface area contributed by atoms with Crippen LogP contribution in [0, 0.1) is 0 Å². The average molecular weight is 300 g/mol. The number of carbonyl (C=O) groups excluding carboxylic acids is 1. The van der Waals surface area contributed by atoms with Crippen molar-refractivity contribution < 1.29 is 19.4 Å². The summed E-state index contributed by atoms with van der Waals surface area (Å²) in [6.07, 6.45) is 5.29. The summed E-state index contributed by atoms with van der Waals surface area (Å²) in [7, 11) is 1.74. The zero-order valence-electron chi connectivity index (χ0n) is 12.3. The summed E-state index contributed by atoms with van der Waals surface area (Å²) >= 11 is 0. The van der Waals surface area contributed by atoms with Gasteiger partial charge in [0.1, 0.15) is 5.75 Å². The van der Waals surface area contributed by atoms with Crippen molar-refractivity contribution in [3.8, 4) is 5.75 Å². The second-order valence-corrected chi connectivity index (χ2v) is 4.77. The number of aromatic nitrogens is 2. The lowest BCUT2D eigenvalue weighted by molar-refractivity contribution is -0.144. The number of carboxylic acids is 1. The van der Waals surface area contributed by atoms with Crippen molar-refractivity contribution in [2.75, 3.05) is 0 Å². The van der Waals surface area contributed by atoms with Crippen LogP contribution < -0.4 is 4.74 Å². The number of hydrogen-bond acceptors (Lipinski definition) is 4. The van der Waals surface area contributed by atoms with Crippen LogP contribution in [0.3, 0.4) is 0 Å². The Morgan fingerprint density at radius 2 is 2.18 bits per heavy atom.